The number of anilines is 1. The molecular weight excluding hydrogens is 562 g/mol. The average molecular weight is 611 g/mol. The predicted molar refractivity (Wildman–Crippen MR) is 173 cm³/mol. The van der Waals surface area contributed by atoms with Crippen LogP contribution >= 0.6 is 0 Å². The second-order valence-electron chi connectivity index (χ2n) is 11.5. The van der Waals surface area contributed by atoms with Crippen molar-refractivity contribution in [3.8, 4) is 11.4 Å². The summed E-state index contributed by atoms with van der Waals surface area (Å²) in [4.78, 5) is 22.9. The van der Waals surface area contributed by atoms with Crippen molar-refractivity contribution in [1.82, 2.24) is 29.7 Å². The van der Waals surface area contributed by atoms with Crippen LogP contribution in [0.4, 0.5) is 20.3 Å². The van der Waals surface area contributed by atoms with Gasteiger partial charge in [0.1, 0.15) is 5.82 Å². The van der Waals surface area contributed by atoms with E-state index in [1.807, 2.05) is 32.9 Å². The summed E-state index contributed by atoms with van der Waals surface area (Å²) >= 11 is 0. The Labute approximate surface area is 259 Å². The molecular formula is C33H48F2N8O. The molecule has 1 unspecified atom stereocenters. The first kappa shape index (κ1) is 33.5. The van der Waals surface area contributed by atoms with Gasteiger partial charge in [0.15, 0.2) is 5.82 Å². The minimum Gasteiger partial charge on any atom is -0.512 e. The molecule has 0 spiro atoms. The van der Waals surface area contributed by atoms with E-state index in [0.29, 0.717) is 30.9 Å². The molecule has 1 aromatic heterocycles. The van der Waals surface area contributed by atoms with E-state index in [2.05, 4.69) is 55.1 Å². The molecule has 5 heterocycles. The van der Waals surface area contributed by atoms with Gasteiger partial charge in [-0.15, -0.1) is 0 Å². The summed E-state index contributed by atoms with van der Waals surface area (Å²) in [7, 11) is 0. The summed E-state index contributed by atoms with van der Waals surface area (Å²) in [6.45, 7) is 20.1. The third kappa shape index (κ3) is 7.10. The highest BCUT2D eigenvalue weighted by atomic mass is 19.3. The van der Waals surface area contributed by atoms with Gasteiger partial charge in [0, 0.05) is 67.0 Å². The number of halogens is 2. The Balaban J connectivity index is 0.00000216. The van der Waals surface area contributed by atoms with Gasteiger partial charge in [0.2, 0.25) is 0 Å². The summed E-state index contributed by atoms with van der Waals surface area (Å²) < 4.78 is 30.6. The summed E-state index contributed by atoms with van der Waals surface area (Å²) in [5, 5.41) is 14.7. The molecule has 5 rings (SSSR count). The van der Waals surface area contributed by atoms with E-state index in [1.54, 1.807) is 19.3 Å². The zero-order valence-electron chi connectivity index (χ0n) is 27.1. The molecule has 1 atom stereocenters. The number of hydrogen-bond donors (Lipinski definition) is 2. The number of fused-ring (bicyclic) bond motifs is 1. The number of piperazine rings is 1. The lowest BCUT2D eigenvalue weighted by Gasteiger charge is -2.40. The van der Waals surface area contributed by atoms with Crippen LogP contribution in [0, 0.1) is 12.8 Å². The molecule has 0 bridgehead atoms. The van der Waals surface area contributed by atoms with Gasteiger partial charge in [-0.05, 0) is 57.4 Å². The first-order chi connectivity index (χ1) is 21.1. The van der Waals surface area contributed by atoms with Crippen molar-refractivity contribution >= 4 is 23.8 Å². The molecule has 11 heteroatoms. The van der Waals surface area contributed by atoms with Crippen molar-refractivity contribution < 1.29 is 13.9 Å². The largest absolute Gasteiger partial charge is 0.512 e. The van der Waals surface area contributed by atoms with Gasteiger partial charge < -0.3 is 19.9 Å². The standard InChI is InChI=1S/C31H42F2N8O.C2H6/c1-6-24(7-2)41-21(4)28(22(5)42)20(3)26-17-36-30(38-29(26)41)37-27-9-8-25(16-35-27)40-14-12-39(13-15-40)18-23-10-11-34-19-31(23,32)33;1-2/h8-9,16-17,23-24,34,42H,4,6-7,10-15,18-19H2,1-3,5H3;1-2H3/b28-22+,37-30?;. The number of aliphatic hydroxyl groups excluding tert-OH is 1. The van der Waals surface area contributed by atoms with Crippen LogP contribution in [0.25, 0.3) is 23.7 Å². The Kier molecular flexibility index (Phi) is 11.1. The van der Waals surface area contributed by atoms with Crippen molar-refractivity contribution in [3.05, 3.63) is 46.3 Å². The normalized spacial score (nSPS) is 20.1. The van der Waals surface area contributed by atoms with Crippen LogP contribution in [0.15, 0.2) is 29.5 Å². The number of aromatic nitrogens is 4. The highest BCUT2D eigenvalue weighted by Crippen LogP contribution is 2.31. The smallest absolute Gasteiger partial charge is 0.264 e. The third-order valence-corrected chi connectivity index (χ3v) is 8.80. The summed E-state index contributed by atoms with van der Waals surface area (Å²) in [6, 6.07) is 4.00. The number of aliphatic hydroxyl groups is 1. The molecule has 2 N–H and O–H groups in total. The van der Waals surface area contributed by atoms with Crippen LogP contribution in [0.3, 0.4) is 0 Å². The van der Waals surface area contributed by atoms with Gasteiger partial charge in [-0.2, -0.15) is 9.98 Å². The maximum atomic E-state index is 14.3. The molecule has 240 valence electrons. The van der Waals surface area contributed by atoms with Gasteiger partial charge in [0.25, 0.3) is 11.5 Å². The molecule has 0 amide bonds. The van der Waals surface area contributed by atoms with E-state index in [4.69, 9.17) is 4.98 Å². The summed E-state index contributed by atoms with van der Waals surface area (Å²) in [6.07, 6.45) is 5.85. The van der Waals surface area contributed by atoms with Crippen LogP contribution in [-0.2, 0) is 0 Å². The lowest BCUT2D eigenvalue weighted by atomic mass is 9.93. The predicted octanol–water partition coefficient (Wildman–Crippen LogP) is 4.17. The van der Waals surface area contributed by atoms with E-state index in [-0.39, 0.29) is 18.3 Å². The van der Waals surface area contributed by atoms with E-state index < -0.39 is 11.8 Å². The molecule has 0 aliphatic carbocycles. The number of alkyl halides is 2. The number of pyridine rings is 2. The highest BCUT2D eigenvalue weighted by Gasteiger charge is 2.42. The Hall–Kier alpha value is -3.44. The molecule has 2 fully saturated rings. The monoisotopic (exact) mass is 610 g/mol. The van der Waals surface area contributed by atoms with Crippen molar-refractivity contribution in [2.75, 3.05) is 50.7 Å². The fourth-order valence-corrected chi connectivity index (χ4v) is 6.34. The van der Waals surface area contributed by atoms with Crippen molar-refractivity contribution in [1.29, 1.82) is 0 Å². The first-order valence-corrected chi connectivity index (χ1v) is 16.0. The van der Waals surface area contributed by atoms with E-state index >= 15 is 0 Å². The lowest BCUT2D eigenvalue weighted by molar-refractivity contribution is -0.0831. The second kappa shape index (κ2) is 14.6. The Morgan fingerprint density at radius 2 is 1.84 bits per heavy atom. The van der Waals surface area contributed by atoms with E-state index in [9.17, 15) is 13.9 Å². The molecule has 0 radical (unpaired) electrons. The van der Waals surface area contributed by atoms with Crippen molar-refractivity contribution in [2.24, 2.45) is 10.9 Å². The molecule has 0 aromatic carbocycles. The first-order valence-electron chi connectivity index (χ1n) is 16.0. The molecule has 4 aliphatic rings. The Bertz CT molecular complexity index is 1540. The SMILES string of the molecule is C=c1/c(=C(\C)O)c(C)c2cnc(=Nc3ccc(N4CCN(CC5CCNCC5(F)F)CC4)cn3)nc-2n1C(CC)CC.CC. The Morgan fingerprint density at radius 1 is 1.14 bits per heavy atom. The van der Waals surface area contributed by atoms with Crippen LogP contribution < -0.4 is 26.4 Å². The fraction of sp³-hybridized carbons (Fsp3) is 0.576. The zero-order chi connectivity index (χ0) is 32.0. The van der Waals surface area contributed by atoms with Crippen molar-refractivity contribution in [3.63, 3.8) is 0 Å². The molecule has 9 nitrogen and oxygen atoms in total. The molecule has 44 heavy (non-hydrogen) atoms. The number of rotatable bonds is 7. The number of piperidine rings is 1. The maximum absolute atomic E-state index is 14.3. The van der Waals surface area contributed by atoms with Crippen LogP contribution in [0.5, 0.6) is 0 Å². The highest BCUT2D eigenvalue weighted by molar-refractivity contribution is 5.62. The van der Waals surface area contributed by atoms with Gasteiger partial charge in [-0.3, -0.25) is 4.90 Å². The maximum Gasteiger partial charge on any atom is 0.264 e. The Morgan fingerprint density at radius 3 is 2.43 bits per heavy atom. The zero-order valence-corrected chi connectivity index (χ0v) is 27.1. The van der Waals surface area contributed by atoms with E-state index in [0.717, 1.165) is 72.2 Å². The van der Waals surface area contributed by atoms with E-state index in [1.165, 1.54) is 0 Å². The van der Waals surface area contributed by atoms with Crippen LogP contribution in [0.1, 0.15) is 65.5 Å². The second-order valence-corrected chi connectivity index (χ2v) is 11.5. The number of nitrogens with zero attached hydrogens (tertiary/aromatic N) is 7. The van der Waals surface area contributed by atoms with Gasteiger partial charge in [0.05, 0.1) is 24.2 Å². The molecule has 2 saturated heterocycles. The van der Waals surface area contributed by atoms with Crippen LogP contribution in [-0.4, -0.2) is 81.3 Å². The minimum absolute atomic E-state index is 0.162. The van der Waals surface area contributed by atoms with Crippen LogP contribution in [0.2, 0.25) is 0 Å². The topological polar surface area (TPSA) is 94.7 Å². The summed E-state index contributed by atoms with van der Waals surface area (Å²) in [5.41, 5.74) is 3.02. The molecule has 4 aliphatic heterocycles. The molecule has 0 saturated carbocycles. The van der Waals surface area contributed by atoms with Gasteiger partial charge in [-0.25, -0.2) is 18.7 Å². The fourth-order valence-electron chi connectivity index (χ4n) is 6.34. The lowest BCUT2D eigenvalue weighted by Crippen LogP contribution is -2.53. The third-order valence-electron chi connectivity index (χ3n) is 8.80. The molecule has 1 aromatic rings. The van der Waals surface area contributed by atoms with Crippen molar-refractivity contribution in [2.45, 2.75) is 72.8 Å². The summed E-state index contributed by atoms with van der Waals surface area (Å²) in [5.74, 6) is -1.77. The number of nitrogens with one attached hydrogen (secondary N) is 1. The minimum atomic E-state index is -2.64. The average Bonchev–Trinajstić information content (AvgIpc) is 3.02. The quantitative estimate of drug-likeness (QED) is 0.415. The van der Waals surface area contributed by atoms with Gasteiger partial charge >= 0.3 is 0 Å². The van der Waals surface area contributed by atoms with Gasteiger partial charge in [-0.1, -0.05) is 34.3 Å². The number of hydrogen-bond acceptors (Lipinski definition) is 8.